The van der Waals surface area contributed by atoms with Gasteiger partial charge in [0.15, 0.2) is 0 Å². The molecule has 0 saturated carbocycles. The van der Waals surface area contributed by atoms with Gasteiger partial charge in [-0.3, -0.25) is 4.68 Å². The standard InChI is InChI=1S/C10H19N3/c1-7(11)8-6-13(5)12-9(8)10(2,3)4/h6-7H,11H2,1-5H3. The maximum atomic E-state index is 5.87. The predicted octanol–water partition coefficient (Wildman–Crippen LogP) is 1.74. The van der Waals surface area contributed by atoms with Gasteiger partial charge < -0.3 is 5.73 Å². The number of aromatic nitrogens is 2. The van der Waals surface area contributed by atoms with Crippen molar-refractivity contribution in [3.8, 4) is 0 Å². The largest absolute Gasteiger partial charge is 0.324 e. The van der Waals surface area contributed by atoms with Gasteiger partial charge in [0.25, 0.3) is 0 Å². The normalized spacial score (nSPS) is 14.6. The first kappa shape index (κ1) is 10.3. The fourth-order valence-corrected chi connectivity index (χ4v) is 1.42. The van der Waals surface area contributed by atoms with Crippen molar-refractivity contribution < 1.29 is 0 Å². The summed E-state index contributed by atoms with van der Waals surface area (Å²) in [7, 11) is 1.93. The molecule has 3 heteroatoms. The number of nitrogens with two attached hydrogens (primary N) is 1. The minimum absolute atomic E-state index is 0.0583. The van der Waals surface area contributed by atoms with Gasteiger partial charge in [0.05, 0.1) is 5.69 Å². The van der Waals surface area contributed by atoms with Gasteiger partial charge in [-0.25, -0.2) is 0 Å². The lowest BCUT2D eigenvalue weighted by atomic mass is 9.88. The highest BCUT2D eigenvalue weighted by molar-refractivity contribution is 5.26. The first-order chi connectivity index (χ1) is 5.82. The van der Waals surface area contributed by atoms with E-state index in [1.54, 1.807) is 0 Å². The van der Waals surface area contributed by atoms with Crippen LogP contribution in [0.25, 0.3) is 0 Å². The van der Waals surface area contributed by atoms with E-state index < -0.39 is 0 Å². The Morgan fingerprint density at radius 2 is 2.00 bits per heavy atom. The number of nitrogens with zero attached hydrogens (tertiary/aromatic N) is 2. The van der Waals surface area contributed by atoms with Gasteiger partial charge in [0, 0.05) is 30.3 Å². The third-order valence-corrected chi connectivity index (χ3v) is 2.06. The molecule has 0 aliphatic carbocycles. The van der Waals surface area contributed by atoms with E-state index in [1.165, 1.54) is 0 Å². The monoisotopic (exact) mass is 181 g/mol. The molecule has 0 aromatic carbocycles. The molecule has 1 aromatic heterocycles. The fourth-order valence-electron chi connectivity index (χ4n) is 1.42. The average molecular weight is 181 g/mol. The summed E-state index contributed by atoms with van der Waals surface area (Å²) in [5, 5.41) is 4.44. The van der Waals surface area contributed by atoms with Crippen molar-refractivity contribution in [1.29, 1.82) is 0 Å². The lowest BCUT2D eigenvalue weighted by Gasteiger charge is -2.18. The van der Waals surface area contributed by atoms with E-state index in [2.05, 4.69) is 25.9 Å². The summed E-state index contributed by atoms with van der Waals surface area (Å²) < 4.78 is 1.83. The van der Waals surface area contributed by atoms with Gasteiger partial charge in [-0.1, -0.05) is 20.8 Å². The first-order valence-corrected chi connectivity index (χ1v) is 4.62. The zero-order valence-electron chi connectivity index (χ0n) is 9.13. The van der Waals surface area contributed by atoms with Gasteiger partial charge in [-0.2, -0.15) is 5.10 Å². The smallest absolute Gasteiger partial charge is 0.0725 e. The Labute approximate surface area is 79.9 Å². The molecule has 0 radical (unpaired) electrons. The highest BCUT2D eigenvalue weighted by Crippen LogP contribution is 2.26. The van der Waals surface area contributed by atoms with E-state index in [1.807, 2.05) is 24.9 Å². The first-order valence-electron chi connectivity index (χ1n) is 4.62. The van der Waals surface area contributed by atoms with Crippen LogP contribution in [-0.2, 0) is 12.5 Å². The molecule has 0 bridgehead atoms. The Hall–Kier alpha value is -0.830. The van der Waals surface area contributed by atoms with Crippen LogP contribution in [0.2, 0.25) is 0 Å². The second-order valence-electron chi connectivity index (χ2n) is 4.65. The van der Waals surface area contributed by atoms with Crippen LogP contribution in [0.5, 0.6) is 0 Å². The predicted molar refractivity (Wildman–Crippen MR) is 54.5 cm³/mol. The Bertz CT molecular complexity index is 292. The third-order valence-electron chi connectivity index (χ3n) is 2.06. The van der Waals surface area contributed by atoms with E-state index in [9.17, 15) is 0 Å². The summed E-state index contributed by atoms with van der Waals surface area (Å²) in [6.45, 7) is 8.45. The number of hydrogen-bond acceptors (Lipinski definition) is 2. The van der Waals surface area contributed by atoms with E-state index in [-0.39, 0.29) is 11.5 Å². The van der Waals surface area contributed by atoms with Crippen molar-refractivity contribution in [3.05, 3.63) is 17.5 Å². The molecule has 74 valence electrons. The number of hydrogen-bond donors (Lipinski definition) is 1. The number of rotatable bonds is 1. The van der Waals surface area contributed by atoms with E-state index >= 15 is 0 Å². The minimum atomic E-state index is 0.0583. The average Bonchev–Trinajstić information content (AvgIpc) is 2.29. The molecule has 1 aromatic rings. The molecule has 1 atom stereocenters. The Morgan fingerprint density at radius 1 is 1.46 bits per heavy atom. The lowest BCUT2D eigenvalue weighted by Crippen LogP contribution is -2.17. The van der Waals surface area contributed by atoms with Crippen molar-refractivity contribution >= 4 is 0 Å². The Kier molecular flexibility index (Phi) is 2.48. The van der Waals surface area contributed by atoms with Crippen LogP contribution in [0.1, 0.15) is 45.0 Å². The van der Waals surface area contributed by atoms with Crippen molar-refractivity contribution in [2.75, 3.05) is 0 Å². The van der Waals surface area contributed by atoms with Gasteiger partial charge in [-0.15, -0.1) is 0 Å². The SMILES string of the molecule is CC(N)c1cn(C)nc1C(C)(C)C. The van der Waals surface area contributed by atoms with Crippen LogP contribution in [0.4, 0.5) is 0 Å². The Morgan fingerprint density at radius 3 is 2.31 bits per heavy atom. The van der Waals surface area contributed by atoms with E-state index in [4.69, 9.17) is 5.73 Å². The Balaban J connectivity index is 3.20. The zero-order valence-corrected chi connectivity index (χ0v) is 9.13. The summed E-state index contributed by atoms with van der Waals surface area (Å²) in [5.74, 6) is 0. The third kappa shape index (κ3) is 2.10. The molecule has 1 rings (SSSR count). The quantitative estimate of drug-likeness (QED) is 0.717. The van der Waals surface area contributed by atoms with Gasteiger partial charge in [0.1, 0.15) is 0 Å². The van der Waals surface area contributed by atoms with Crippen LogP contribution >= 0.6 is 0 Å². The lowest BCUT2D eigenvalue weighted by molar-refractivity contribution is 0.544. The maximum absolute atomic E-state index is 5.87. The van der Waals surface area contributed by atoms with Crippen LogP contribution in [-0.4, -0.2) is 9.78 Å². The van der Waals surface area contributed by atoms with Crippen molar-refractivity contribution in [2.45, 2.75) is 39.2 Å². The second-order valence-corrected chi connectivity index (χ2v) is 4.65. The zero-order chi connectivity index (χ0) is 10.2. The highest BCUT2D eigenvalue weighted by atomic mass is 15.3. The van der Waals surface area contributed by atoms with Crippen molar-refractivity contribution in [3.63, 3.8) is 0 Å². The minimum Gasteiger partial charge on any atom is -0.324 e. The van der Waals surface area contributed by atoms with Crippen molar-refractivity contribution in [2.24, 2.45) is 12.8 Å². The molecule has 0 aliphatic heterocycles. The summed E-state index contributed by atoms with van der Waals surface area (Å²) in [5.41, 5.74) is 8.19. The fraction of sp³-hybridized carbons (Fsp3) is 0.700. The molecule has 13 heavy (non-hydrogen) atoms. The highest BCUT2D eigenvalue weighted by Gasteiger charge is 2.23. The second kappa shape index (κ2) is 3.14. The topological polar surface area (TPSA) is 43.8 Å². The van der Waals surface area contributed by atoms with E-state index in [0.29, 0.717) is 0 Å². The summed E-state index contributed by atoms with van der Waals surface area (Å²) in [4.78, 5) is 0. The summed E-state index contributed by atoms with van der Waals surface area (Å²) >= 11 is 0. The molecule has 3 nitrogen and oxygen atoms in total. The molecule has 1 unspecified atom stereocenters. The van der Waals surface area contributed by atoms with Gasteiger partial charge >= 0.3 is 0 Å². The van der Waals surface area contributed by atoms with Gasteiger partial charge in [0.2, 0.25) is 0 Å². The number of aryl methyl sites for hydroxylation is 1. The van der Waals surface area contributed by atoms with Crippen LogP contribution in [0.3, 0.4) is 0 Å². The van der Waals surface area contributed by atoms with Gasteiger partial charge in [-0.05, 0) is 6.92 Å². The molecule has 0 spiro atoms. The molecule has 0 aliphatic rings. The van der Waals surface area contributed by atoms with Crippen LogP contribution < -0.4 is 5.73 Å². The molecule has 0 fully saturated rings. The van der Waals surface area contributed by atoms with Crippen LogP contribution in [0, 0.1) is 0 Å². The maximum Gasteiger partial charge on any atom is 0.0725 e. The molecule has 0 amide bonds. The summed E-state index contributed by atoms with van der Waals surface area (Å²) in [6.07, 6.45) is 2.01. The molecule has 2 N–H and O–H groups in total. The molecule has 1 heterocycles. The molecular formula is C10H19N3. The molecular weight excluding hydrogens is 162 g/mol. The van der Waals surface area contributed by atoms with Crippen LogP contribution in [0.15, 0.2) is 6.20 Å². The van der Waals surface area contributed by atoms with Crippen molar-refractivity contribution in [1.82, 2.24) is 9.78 Å². The molecule has 0 saturated heterocycles. The van der Waals surface area contributed by atoms with E-state index in [0.717, 1.165) is 11.3 Å². The summed E-state index contributed by atoms with van der Waals surface area (Å²) in [6, 6.07) is 0.0583.